The Morgan fingerprint density at radius 2 is 1.78 bits per heavy atom. The van der Waals surface area contributed by atoms with Crippen LogP contribution in [0.1, 0.15) is 37.0 Å². The molecular formula is C25H32N2O5. The van der Waals surface area contributed by atoms with Gasteiger partial charge in [-0.2, -0.15) is 0 Å². The van der Waals surface area contributed by atoms with Crippen LogP contribution in [0, 0.1) is 0 Å². The Labute approximate surface area is 189 Å². The zero-order valence-corrected chi connectivity index (χ0v) is 18.6. The largest absolute Gasteiger partial charge is 0.480 e. The van der Waals surface area contributed by atoms with Crippen molar-refractivity contribution in [2.24, 2.45) is 0 Å². The third-order valence-corrected chi connectivity index (χ3v) is 5.92. The van der Waals surface area contributed by atoms with Crippen LogP contribution in [-0.4, -0.2) is 58.0 Å². The zero-order valence-electron chi connectivity index (χ0n) is 18.6. The van der Waals surface area contributed by atoms with Gasteiger partial charge in [-0.25, -0.2) is 4.79 Å². The second-order valence-corrected chi connectivity index (χ2v) is 8.16. The molecule has 1 amide bonds. The lowest BCUT2D eigenvalue weighted by atomic mass is 9.93. The van der Waals surface area contributed by atoms with E-state index in [1.165, 1.54) is 4.90 Å². The van der Waals surface area contributed by atoms with Gasteiger partial charge in [0.25, 0.3) is 0 Å². The molecule has 32 heavy (non-hydrogen) atoms. The SMILES string of the molecule is CCOC(O)C(CCc1ccccc1)N[C@@H](C)C(=O)N1Cc2ccccc2C[C@H]1C(=O)O. The molecule has 7 nitrogen and oxygen atoms in total. The monoisotopic (exact) mass is 440 g/mol. The van der Waals surface area contributed by atoms with Crippen LogP contribution >= 0.6 is 0 Å². The lowest BCUT2D eigenvalue weighted by Crippen LogP contribution is -2.57. The van der Waals surface area contributed by atoms with Gasteiger partial charge in [0.05, 0.1) is 12.1 Å². The number of carbonyl (C=O) groups is 2. The van der Waals surface area contributed by atoms with Crippen LogP contribution in [0.5, 0.6) is 0 Å². The number of hydrogen-bond acceptors (Lipinski definition) is 5. The van der Waals surface area contributed by atoms with Crippen molar-refractivity contribution in [1.82, 2.24) is 10.2 Å². The van der Waals surface area contributed by atoms with Crippen molar-refractivity contribution in [2.45, 2.75) is 64.1 Å². The Balaban J connectivity index is 1.71. The van der Waals surface area contributed by atoms with E-state index in [1.807, 2.05) is 54.6 Å². The summed E-state index contributed by atoms with van der Waals surface area (Å²) in [5.41, 5.74) is 3.04. The zero-order chi connectivity index (χ0) is 23.1. The highest BCUT2D eigenvalue weighted by molar-refractivity contribution is 5.87. The first-order valence-corrected chi connectivity index (χ1v) is 11.1. The number of aliphatic carboxylic acids is 1. The average Bonchev–Trinajstić information content (AvgIpc) is 2.80. The molecule has 0 aliphatic carbocycles. The number of aliphatic hydroxyl groups is 1. The van der Waals surface area contributed by atoms with Gasteiger partial charge in [-0.3, -0.25) is 10.1 Å². The highest BCUT2D eigenvalue weighted by atomic mass is 16.6. The molecule has 0 saturated heterocycles. The van der Waals surface area contributed by atoms with E-state index < -0.39 is 30.4 Å². The van der Waals surface area contributed by atoms with E-state index in [0.717, 1.165) is 16.7 Å². The van der Waals surface area contributed by atoms with Gasteiger partial charge in [0.15, 0.2) is 6.29 Å². The molecule has 7 heteroatoms. The molecule has 3 N–H and O–H groups in total. The smallest absolute Gasteiger partial charge is 0.326 e. The molecule has 0 saturated carbocycles. The van der Waals surface area contributed by atoms with Crippen LogP contribution in [0.15, 0.2) is 54.6 Å². The molecule has 2 aromatic carbocycles. The van der Waals surface area contributed by atoms with Crippen molar-refractivity contribution in [3.63, 3.8) is 0 Å². The summed E-state index contributed by atoms with van der Waals surface area (Å²) in [6.45, 7) is 4.10. The molecule has 2 unspecified atom stereocenters. The molecule has 3 rings (SSSR count). The predicted molar refractivity (Wildman–Crippen MR) is 121 cm³/mol. The molecule has 172 valence electrons. The van der Waals surface area contributed by atoms with Crippen LogP contribution in [0.2, 0.25) is 0 Å². The lowest BCUT2D eigenvalue weighted by Gasteiger charge is -2.37. The number of carboxylic acids is 1. The number of aliphatic hydroxyl groups excluding tert-OH is 1. The number of aryl methyl sites for hydroxylation is 1. The Bertz CT molecular complexity index is 904. The second-order valence-electron chi connectivity index (χ2n) is 8.16. The standard InChI is InChI=1S/C25H32N2O5/c1-3-32-25(31)21(14-13-18-9-5-4-6-10-18)26-17(2)23(28)27-16-20-12-8-7-11-19(20)15-22(27)24(29)30/h4-12,17,21-22,25-26,31H,3,13-16H2,1-2H3,(H,29,30)/t17-,21?,22-,25?/m0/s1. The number of carboxylic acid groups (broad SMARTS) is 1. The lowest BCUT2D eigenvalue weighted by molar-refractivity contribution is -0.153. The Kier molecular flexibility index (Phi) is 8.39. The van der Waals surface area contributed by atoms with E-state index in [0.29, 0.717) is 19.4 Å². The predicted octanol–water partition coefficient (Wildman–Crippen LogP) is 2.36. The molecule has 2 aromatic rings. The number of ether oxygens (including phenoxy) is 1. The Morgan fingerprint density at radius 3 is 2.44 bits per heavy atom. The molecule has 0 fully saturated rings. The van der Waals surface area contributed by atoms with Crippen molar-refractivity contribution in [3.05, 3.63) is 71.3 Å². The maximum absolute atomic E-state index is 13.3. The molecule has 0 spiro atoms. The van der Waals surface area contributed by atoms with Crippen LogP contribution < -0.4 is 5.32 Å². The highest BCUT2D eigenvalue weighted by Crippen LogP contribution is 2.24. The Morgan fingerprint density at radius 1 is 1.12 bits per heavy atom. The van der Waals surface area contributed by atoms with Crippen molar-refractivity contribution < 1.29 is 24.5 Å². The van der Waals surface area contributed by atoms with Crippen molar-refractivity contribution >= 4 is 11.9 Å². The maximum Gasteiger partial charge on any atom is 0.326 e. The minimum absolute atomic E-state index is 0.251. The van der Waals surface area contributed by atoms with E-state index in [-0.39, 0.29) is 18.9 Å². The van der Waals surface area contributed by atoms with Gasteiger partial charge in [-0.15, -0.1) is 0 Å². The number of benzene rings is 2. The molecular weight excluding hydrogens is 408 g/mol. The summed E-state index contributed by atoms with van der Waals surface area (Å²) < 4.78 is 5.40. The first kappa shape index (κ1) is 23.9. The molecule has 4 atom stereocenters. The van der Waals surface area contributed by atoms with Gasteiger partial charge in [-0.05, 0) is 43.4 Å². The van der Waals surface area contributed by atoms with E-state index in [9.17, 15) is 19.8 Å². The maximum atomic E-state index is 13.3. The van der Waals surface area contributed by atoms with Crippen molar-refractivity contribution in [2.75, 3.05) is 6.61 Å². The van der Waals surface area contributed by atoms with Crippen LogP contribution in [0.3, 0.4) is 0 Å². The topological polar surface area (TPSA) is 99.1 Å². The number of amides is 1. The van der Waals surface area contributed by atoms with Crippen LogP contribution in [-0.2, 0) is 33.7 Å². The summed E-state index contributed by atoms with van der Waals surface area (Å²) in [4.78, 5) is 26.6. The van der Waals surface area contributed by atoms with E-state index in [4.69, 9.17) is 4.74 Å². The fourth-order valence-corrected chi connectivity index (χ4v) is 4.18. The third kappa shape index (κ3) is 5.94. The molecule has 1 aliphatic rings. The fourth-order valence-electron chi connectivity index (χ4n) is 4.18. The van der Waals surface area contributed by atoms with Gasteiger partial charge in [0.2, 0.25) is 5.91 Å². The first-order valence-electron chi connectivity index (χ1n) is 11.1. The Hall–Kier alpha value is -2.74. The molecule has 0 aromatic heterocycles. The van der Waals surface area contributed by atoms with Crippen LogP contribution in [0.4, 0.5) is 0 Å². The fraction of sp³-hybridized carbons (Fsp3) is 0.440. The van der Waals surface area contributed by atoms with Gasteiger partial charge in [0, 0.05) is 19.6 Å². The number of hydrogen-bond donors (Lipinski definition) is 3. The van der Waals surface area contributed by atoms with Crippen molar-refractivity contribution in [3.8, 4) is 0 Å². The van der Waals surface area contributed by atoms with E-state index >= 15 is 0 Å². The highest BCUT2D eigenvalue weighted by Gasteiger charge is 2.37. The van der Waals surface area contributed by atoms with Gasteiger partial charge >= 0.3 is 5.97 Å². The first-order chi connectivity index (χ1) is 15.4. The quantitative estimate of drug-likeness (QED) is 0.491. The van der Waals surface area contributed by atoms with E-state index in [2.05, 4.69) is 5.32 Å². The summed E-state index contributed by atoms with van der Waals surface area (Å²) >= 11 is 0. The van der Waals surface area contributed by atoms with Crippen LogP contribution in [0.25, 0.3) is 0 Å². The van der Waals surface area contributed by atoms with Crippen molar-refractivity contribution in [1.29, 1.82) is 0 Å². The number of nitrogens with zero attached hydrogens (tertiary/aromatic N) is 1. The molecule has 1 heterocycles. The molecule has 0 radical (unpaired) electrons. The number of fused-ring (bicyclic) bond motifs is 1. The van der Waals surface area contributed by atoms with Gasteiger partial charge in [0.1, 0.15) is 6.04 Å². The van der Waals surface area contributed by atoms with Gasteiger partial charge < -0.3 is 19.8 Å². The number of carbonyl (C=O) groups excluding carboxylic acids is 1. The second kappa shape index (κ2) is 11.2. The number of nitrogens with one attached hydrogen (secondary N) is 1. The summed E-state index contributed by atoms with van der Waals surface area (Å²) in [5, 5.41) is 23.4. The third-order valence-electron chi connectivity index (χ3n) is 5.92. The number of rotatable bonds is 10. The minimum atomic E-state index is -1.07. The van der Waals surface area contributed by atoms with E-state index in [1.54, 1.807) is 13.8 Å². The molecule has 1 aliphatic heterocycles. The van der Waals surface area contributed by atoms with Gasteiger partial charge in [-0.1, -0.05) is 54.6 Å². The normalized spacial score (nSPS) is 18.5. The summed E-state index contributed by atoms with van der Waals surface area (Å²) in [6.07, 6.45) is 0.478. The summed E-state index contributed by atoms with van der Waals surface area (Å²) in [5.74, 6) is -1.32. The minimum Gasteiger partial charge on any atom is -0.480 e. The molecule has 0 bridgehead atoms. The summed E-state index contributed by atoms with van der Waals surface area (Å²) in [7, 11) is 0. The summed E-state index contributed by atoms with van der Waals surface area (Å²) in [6, 6.07) is 15.4. The average molecular weight is 441 g/mol.